The predicted octanol–water partition coefficient (Wildman–Crippen LogP) is 2.77. The Morgan fingerprint density at radius 2 is 1.95 bits per heavy atom. The van der Waals surface area contributed by atoms with Crippen LogP contribution in [0.2, 0.25) is 0 Å². The first kappa shape index (κ1) is 15.4. The van der Waals surface area contributed by atoms with E-state index in [1.54, 1.807) is 13.8 Å². The van der Waals surface area contributed by atoms with Crippen molar-refractivity contribution in [1.29, 1.82) is 0 Å². The first-order valence-electron chi connectivity index (χ1n) is 6.51. The Hall–Kier alpha value is -3.03. The molecule has 2 aromatic rings. The van der Waals surface area contributed by atoms with Crippen molar-refractivity contribution in [3.05, 3.63) is 46.8 Å². The zero-order chi connectivity index (χ0) is 16.1. The summed E-state index contributed by atoms with van der Waals surface area (Å²) in [5, 5.41) is 13.2. The van der Waals surface area contributed by atoms with Gasteiger partial charge in [-0.2, -0.15) is 0 Å². The Morgan fingerprint density at radius 3 is 2.55 bits per heavy atom. The molecule has 8 nitrogen and oxygen atoms in total. The molecule has 0 fully saturated rings. The fourth-order valence-corrected chi connectivity index (χ4v) is 1.49. The van der Waals surface area contributed by atoms with E-state index in [1.165, 1.54) is 36.7 Å². The molecule has 0 unspecified atom stereocenters. The molecule has 0 atom stereocenters. The zero-order valence-electron chi connectivity index (χ0n) is 12.0. The maximum absolute atomic E-state index is 11.6. The number of amides is 1. The Labute approximate surface area is 126 Å². The molecule has 1 heterocycles. The van der Waals surface area contributed by atoms with E-state index in [0.717, 1.165) is 0 Å². The molecule has 22 heavy (non-hydrogen) atoms. The number of nitro groups is 1. The van der Waals surface area contributed by atoms with Crippen molar-refractivity contribution in [2.24, 2.45) is 5.92 Å². The van der Waals surface area contributed by atoms with Gasteiger partial charge in [-0.3, -0.25) is 14.9 Å². The van der Waals surface area contributed by atoms with Crippen molar-refractivity contribution in [2.45, 2.75) is 13.8 Å². The van der Waals surface area contributed by atoms with Gasteiger partial charge in [0.05, 0.1) is 4.92 Å². The molecule has 2 rings (SSSR count). The number of aromatic nitrogens is 2. The summed E-state index contributed by atoms with van der Waals surface area (Å²) in [5.41, 5.74) is -0.0278. The van der Waals surface area contributed by atoms with Crippen molar-refractivity contribution in [2.75, 3.05) is 5.32 Å². The van der Waals surface area contributed by atoms with Crippen LogP contribution in [0, 0.1) is 16.0 Å². The van der Waals surface area contributed by atoms with Crippen molar-refractivity contribution in [1.82, 2.24) is 9.97 Å². The van der Waals surface area contributed by atoms with Gasteiger partial charge in [0.2, 0.25) is 11.8 Å². The number of carbonyl (C=O) groups excluding carboxylic acids is 1. The second kappa shape index (κ2) is 6.61. The van der Waals surface area contributed by atoms with Crippen molar-refractivity contribution < 1.29 is 14.5 Å². The van der Waals surface area contributed by atoms with Crippen LogP contribution in [0.4, 0.5) is 11.5 Å². The lowest BCUT2D eigenvalue weighted by Gasteiger charge is -2.08. The van der Waals surface area contributed by atoms with Crippen LogP contribution in [0.5, 0.6) is 11.6 Å². The van der Waals surface area contributed by atoms with Crippen LogP contribution in [0.25, 0.3) is 0 Å². The lowest BCUT2D eigenvalue weighted by Crippen LogP contribution is -2.18. The summed E-state index contributed by atoms with van der Waals surface area (Å²) in [6, 6.07) is 7.07. The minimum absolute atomic E-state index is 0.0278. The zero-order valence-corrected chi connectivity index (χ0v) is 12.0. The molecule has 0 bridgehead atoms. The molecule has 0 aliphatic heterocycles. The largest absolute Gasteiger partial charge is 0.439 e. The summed E-state index contributed by atoms with van der Waals surface area (Å²) in [6.07, 6.45) is 1.26. The van der Waals surface area contributed by atoms with Crippen LogP contribution in [0.3, 0.4) is 0 Å². The van der Waals surface area contributed by atoms with Crippen LogP contribution in [-0.4, -0.2) is 20.8 Å². The number of hydrogen-bond donors (Lipinski definition) is 1. The fourth-order valence-electron chi connectivity index (χ4n) is 1.49. The molecular formula is C14H14N4O4. The molecule has 0 radical (unpaired) electrons. The Kier molecular flexibility index (Phi) is 4.62. The van der Waals surface area contributed by atoms with Crippen LogP contribution in [0.1, 0.15) is 13.8 Å². The monoisotopic (exact) mass is 302 g/mol. The summed E-state index contributed by atoms with van der Waals surface area (Å²) in [7, 11) is 0. The molecule has 0 spiro atoms. The molecule has 0 aliphatic carbocycles. The third kappa shape index (κ3) is 3.98. The van der Waals surface area contributed by atoms with Crippen molar-refractivity contribution in [3.8, 4) is 11.6 Å². The number of nitrogens with zero attached hydrogens (tertiary/aromatic N) is 3. The highest BCUT2D eigenvalue weighted by Crippen LogP contribution is 2.23. The van der Waals surface area contributed by atoms with Crippen LogP contribution in [0.15, 0.2) is 36.7 Å². The maximum Gasteiger partial charge on any atom is 0.269 e. The topological polar surface area (TPSA) is 107 Å². The van der Waals surface area contributed by atoms with Gasteiger partial charge in [0, 0.05) is 24.1 Å². The Morgan fingerprint density at radius 1 is 1.27 bits per heavy atom. The minimum atomic E-state index is -0.492. The van der Waals surface area contributed by atoms with E-state index >= 15 is 0 Å². The van der Waals surface area contributed by atoms with E-state index in [2.05, 4.69) is 15.3 Å². The highest BCUT2D eigenvalue weighted by atomic mass is 16.6. The van der Waals surface area contributed by atoms with Gasteiger partial charge < -0.3 is 10.1 Å². The van der Waals surface area contributed by atoms with Gasteiger partial charge in [-0.05, 0) is 12.1 Å². The summed E-state index contributed by atoms with van der Waals surface area (Å²) in [5.74, 6) is 0.605. The van der Waals surface area contributed by atoms with Gasteiger partial charge in [0.1, 0.15) is 17.9 Å². The standard InChI is InChI=1S/C14H14N4O4/c1-9(2)14(19)17-12-7-13(16-8-15-12)22-11-5-3-10(4-6-11)18(20)21/h3-9H,1-2H3,(H,15,16,17,19). The highest BCUT2D eigenvalue weighted by molar-refractivity contribution is 5.91. The number of rotatable bonds is 5. The Bertz CT molecular complexity index is 685. The summed E-state index contributed by atoms with van der Waals surface area (Å²) in [6.45, 7) is 3.54. The Balaban J connectivity index is 2.09. The van der Waals surface area contributed by atoms with Gasteiger partial charge in [0.15, 0.2) is 0 Å². The van der Waals surface area contributed by atoms with Gasteiger partial charge >= 0.3 is 0 Å². The molecular weight excluding hydrogens is 288 g/mol. The first-order chi connectivity index (χ1) is 10.5. The van der Waals surface area contributed by atoms with Gasteiger partial charge in [-0.15, -0.1) is 0 Å². The number of ether oxygens (including phenoxy) is 1. The number of benzene rings is 1. The molecule has 0 saturated carbocycles. The van der Waals surface area contributed by atoms with Gasteiger partial charge in [0.25, 0.3) is 5.69 Å². The molecule has 8 heteroatoms. The van der Waals surface area contributed by atoms with Gasteiger partial charge in [-0.1, -0.05) is 13.8 Å². The number of anilines is 1. The van der Waals surface area contributed by atoms with Crippen molar-refractivity contribution in [3.63, 3.8) is 0 Å². The average molecular weight is 302 g/mol. The maximum atomic E-state index is 11.6. The van der Waals surface area contributed by atoms with E-state index < -0.39 is 4.92 Å². The second-order valence-corrected chi connectivity index (χ2v) is 4.74. The summed E-state index contributed by atoms with van der Waals surface area (Å²) in [4.78, 5) is 29.5. The molecule has 0 saturated heterocycles. The molecule has 1 amide bonds. The highest BCUT2D eigenvalue weighted by Gasteiger charge is 2.10. The molecule has 114 valence electrons. The van der Waals surface area contributed by atoms with E-state index in [1.807, 2.05) is 0 Å². The van der Waals surface area contributed by atoms with Gasteiger partial charge in [-0.25, -0.2) is 9.97 Å². The lowest BCUT2D eigenvalue weighted by atomic mass is 10.2. The fraction of sp³-hybridized carbons (Fsp3) is 0.214. The number of non-ortho nitro benzene ring substituents is 1. The van der Waals surface area contributed by atoms with E-state index in [0.29, 0.717) is 11.6 Å². The quantitative estimate of drug-likeness (QED) is 0.672. The molecule has 0 aliphatic rings. The van der Waals surface area contributed by atoms with E-state index in [-0.39, 0.29) is 23.4 Å². The van der Waals surface area contributed by atoms with E-state index in [4.69, 9.17) is 4.74 Å². The number of nitrogens with one attached hydrogen (secondary N) is 1. The first-order valence-corrected chi connectivity index (χ1v) is 6.51. The van der Waals surface area contributed by atoms with Crippen molar-refractivity contribution >= 4 is 17.4 Å². The third-order valence-electron chi connectivity index (χ3n) is 2.69. The number of hydrogen-bond acceptors (Lipinski definition) is 6. The average Bonchev–Trinajstić information content (AvgIpc) is 2.48. The lowest BCUT2D eigenvalue weighted by molar-refractivity contribution is -0.384. The smallest absolute Gasteiger partial charge is 0.269 e. The molecule has 1 N–H and O–H groups in total. The number of nitro benzene ring substituents is 1. The molecule has 1 aromatic heterocycles. The van der Waals surface area contributed by atoms with E-state index in [9.17, 15) is 14.9 Å². The molecule has 1 aromatic carbocycles. The SMILES string of the molecule is CC(C)C(=O)Nc1cc(Oc2ccc([N+](=O)[O-])cc2)ncn1. The minimum Gasteiger partial charge on any atom is -0.439 e. The predicted molar refractivity (Wildman–Crippen MR) is 78.7 cm³/mol. The summed E-state index contributed by atoms with van der Waals surface area (Å²) >= 11 is 0. The van der Waals surface area contributed by atoms with Crippen LogP contribution >= 0.6 is 0 Å². The third-order valence-corrected chi connectivity index (χ3v) is 2.69. The van der Waals surface area contributed by atoms with Crippen LogP contribution in [-0.2, 0) is 4.79 Å². The summed E-state index contributed by atoms with van der Waals surface area (Å²) < 4.78 is 5.47. The van der Waals surface area contributed by atoms with Crippen LogP contribution < -0.4 is 10.1 Å². The second-order valence-electron chi connectivity index (χ2n) is 4.74. The normalized spacial score (nSPS) is 10.3. The number of carbonyl (C=O) groups is 1.